The van der Waals surface area contributed by atoms with Gasteiger partial charge < -0.3 is 18.9 Å². The van der Waals surface area contributed by atoms with Gasteiger partial charge in [0.15, 0.2) is 18.1 Å². The highest BCUT2D eigenvalue weighted by atomic mass is 35.5. The zero-order chi connectivity index (χ0) is 17.4. The highest BCUT2D eigenvalue weighted by Crippen LogP contribution is 2.36. The van der Waals surface area contributed by atoms with Gasteiger partial charge in [-0.05, 0) is 19.1 Å². The maximum atomic E-state index is 11.9. The van der Waals surface area contributed by atoms with E-state index in [9.17, 15) is 14.4 Å². The van der Waals surface area contributed by atoms with E-state index >= 15 is 0 Å². The van der Waals surface area contributed by atoms with Crippen LogP contribution in [-0.2, 0) is 14.3 Å². The largest absolute Gasteiger partial charge is 0.493 e. The quantitative estimate of drug-likeness (QED) is 0.784. The van der Waals surface area contributed by atoms with Crippen molar-refractivity contribution in [3.8, 4) is 11.5 Å². The predicted molar refractivity (Wildman–Crippen MR) is 80.0 cm³/mol. The number of halogens is 1. The summed E-state index contributed by atoms with van der Waals surface area (Å²) in [4.78, 5) is 34.3. The van der Waals surface area contributed by atoms with Crippen LogP contribution in [0.5, 0.6) is 11.5 Å². The molecule has 0 saturated heterocycles. The summed E-state index contributed by atoms with van der Waals surface area (Å²) in [7, 11) is 2.79. The van der Waals surface area contributed by atoms with Crippen LogP contribution < -0.4 is 14.8 Å². The molecule has 0 aromatic heterocycles. The van der Waals surface area contributed by atoms with E-state index in [4.69, 9.17) is 25.8 Å². The Morgan fingerprint density at radius 1 is 1.13 bits per heavy atom. The van der Waals surface area contributed by atoms with Crippen LogP contribution >= 0.6 is 11.6 Å². The summed E-state index contributed by atoms with van der Waals surface area (Å²) < 4.78 is 19.4. The van der Waals surface area contributed by atoms with Crippen LogP contribution in [0.1, 0.15) is 17.3 Å². The summed E-state index contributed by atoms with van der Waals surface area (Å²) in [5.41, 5.74) is 0.0663. The third-order valence-corrected chi connectivity index (χ3v) is 2.80. The number of nitrogens with one attached hydrogen (secondary N) is 1. The van der Waals surface area contributed by atoms with E-state index in [0.717, 1.165) is 0 Å². The molecular formula is C14H16ClNO7. The van der Waals surface area contributed by atoms with E-state index in [1.807, 2.05) is 5.32 Å². The number of alkyl carbamates (subject to hydrolysis) is 1. The predicted octanol–water partition coefficient (Wildman–Crippen LogP) is 1.79. The number of carbonyl (C=O) groups excluding carboxylic acids is 3. The summed E-state index contributed by atoms with van der Waals surface area (Å²) in [6, 6.07) is 2.67. The number of hydrogen-bond acceptors (Lipinski definition) is 7. The van der Waals surface area contributed by atoms with Gasteiger partial charge in [-0.15, -0.1) is 0 Å². The van der Waals surface area contributed by atoms with Crippen LogP contribution in [0.2, 0.25) is 5.02 Å². The Kier molecular flexibility index (Phi) is 7.14. The van der Waals surface area contributed by atoms with Crippen LogP contribution in [-0.4, -0.2) is 45.4 Å². The molecule has 1 aromatic carbocycles. The standard InChI is InChI=1S/C14H16ClNO7/c1-4-22-14(19)16-11(17)7-23-13(18)8-5-9(15)12(21-3)10(6-8)20-2/h5-6H,4,7H2,1-3H3,(H,16,17,19). The maximum absolute atomic E-state index is 11.9. The fourth-order valence-electron chi connectivity index (χ4n) is 1.57. The van der Waals surface area contributed by atoms with E-state index in [2.05, 4.69) is 4.74 Å². The number of rotatable bonds is 6. The Morgan fingerprint density at radius 3 is 2.39 bits per heavy atom. The van der Waals surface area contributed by atoms with E-state index in [1.165, 1.54) is 26.4 Å². The van der Waals surface area contributed by atoms with Crippen molar-refractivity contribution in [3.05, 3.63) is 22.7 Å². The molecule has 0 fully saturated rings. The Hall–Kier alpha value is -2.48. The number of esters is 1. The van der Waals surface area contributed by atoms with Crippen LogP contribution in [0.3, 0.4) is 0 Å². The molecule has 0 radical (unpaired) electrons. The number of imide groups is 1. The van der Waals surface area contributed by atoms with Crippen LogP contribution in [0.15, 0.2) is 12.1 Å². The van der Waals surface area contributed by atoms with Gasteiger partial charge >= 0.3 is 12.1 Å². The Bertz CT molecular complexity index is 603. The molecule has 0 aliphatic heterocycles. The highest BCUT2D eigenvalue weighted by Gasteiger charge is 2.17. The summed E-state index contributed by atoms with van der Waals surface area (Å²) >= 11 is 5.97. The number of carbonyl (C=O) groups is 3. The second-order valence-electron chi connectivity index (χ2n) is 4.04. The van der Waals surface area contributed by atoms with Crippen molar-refractivity contribution in [2.45, 2.75) is 6.92 Å². The molecule has 0 unspecified atom stereocenters. The van der Waals surface area contributed by atoms with E-state index in [-0.39, 0.29) is 28.7 Å². The van der Waals surface area contributed by atoms with Crippen LogP contribution in [0.25, 0.3) is 0 Å². The molecule has 0 saturated carbocycles. The van der Waals surface area contributed by atoms with Crippen LogP contribution in [0.4, 0.5) is 4.79 Å². The smallest absolute Gasteiger partial charge is 0.413 e. The first kappa shape index (κ1) is 18.6. The molecule has 1 aromatic rings. The zero-order valence-electron chi connectivity index (χ0n) is 12.8. The molecule has 0 spiro atoms. The lowest BCUT2D eigenvalue weighted by Crippen LogP contribution is -2.34. The fraction of sp³-hybridized carbons (Fsp3) is 0.357. The molecule has 0 aliphatic rings. The Balaban J connectivity index is 2.70. The first-order chi connectivity index (χ1) is 10.9. The van der Waals surface area contributed by atoms with Crippen molar-refractivity contribution in [1.82, 2.24) is 5.32 Å². The van der Waals surface area contributed by atoms with Gasteiger partial charge in [0.25, 0.3) is 5.91 Å². The van der Waals surface area contributed by atoms with Crippen molar-refractivity contribution >= 4 is 29.6 Å². The topological polar surface area (TPSA) is 100 Å². The Morgan fingerprint density at radius 2 is 1.83 bits per heavy atom. The minimum absolute atomic E-state index is 0.0663. The van der Waals surface area contributed by atoms with Gasteiger partial charge in [0.05, 0.1) is 31.4 Å². The first-order valence-electron chi connectivity index (χ1n) is 6.48. The lowest BCUT2D eigenvalue weighted by atomic mass is 10.2. The summed E-state index contributed by atoms with van der Waals surface area (Å²) in [6.45, 7) is 1.05. The SMILES string of the molecule is CCOC(=O)NC(=O)COC(=O)c1cc(Cl)c(OC)c(OC)c1. The van der Waals surface area contributed by atoms with Crippen molar-refractivity contribution in [2.75, 3.05) is 27.4 Å². The highest BCUT2D eigenvalue weighted by molar-refractivity contribution is 6.32. The number of ether oxygens (including phenoxy) is 4. The van der Waals surface area contributed by atoms with E-state index < -0.39 is 24.6 Å². The van der Waals surface area contributed by atoms with Gasteiger partial charge in [0, 0.05) is 0 Å². The molecule has 2 amide bonds. The molecule has 0 atom stereocenters. The third-order valence-electron chi connectivity index (χ3n) is 2.52. The molecular weight excluding hydrogens is 330 g/mol. The molecule has 0 aliphatic carbocycles. The normalized spacial score (nSPS) is 9.74. The molecule has 1 rings (SSSR count). The lowest BCUT2D eigenvalue weighted by Gasteiger charge is -2.11. The summed E-state index contributed by atoms with van der Waals surface area (Å²) in [6.07, 6.45) is -0.914. The van der Waals surface area contributed by atoms with Gasteiger partial charge in [-0.3, -0.25) is 10.1 Å². The zero-order valence-corrected chi connectivity index (χ0v) is 13.6. The van der Waals surface area contributed by atoms with E-state index in [1.54, 1.807) is 6.92 Å². The van der Waals surface area contributed by atoms with Gasteiger partial charge in [0.1, 0.15) is 0 Å². The number of hydrogen-bond donors (Lipinski definition) is 1. The van der Waals surface area contributed by atoms with Crippen molar-refractivity contribution < 1.29 is 33.3 Å². The third kappa shape index (κ3) is 5.33. The van der Waals surface area contributed by atoms with Gasteiger partial charge in [-0.2, -0.15) is 0 Å². The van der Waals surface area contributed by atoms with Gasteiger partial charge in [-0.1, -0.05) is 11.6 Å². The van der Waals surface area contributed by atoms with Crippen molar-refractivity contribution in [3.63, 3.8) is 0 Å². The molecule has 0 bridgehead atoms. The summed E-state index contributed by atoms with van der Waals surface area (Å²) in [5.74, 6) is -1.12. The molecule has 1 N–H and O–H groups in total. The second-order valence-corrected chi connectivity index (χ2v) is 4.45. The average molecular weight is 346 g/mol. The van der Waals surface area contributed by atoms with Crippen molar-refractivity contribution in [1.29, 1.82) is 0 Å². The minimum atomic E-state index is -0.914. The lowest BCUT2D eigenvalue weighted by molar-refractivity contribution is -0.123. The minimum Gasteiger partial charge on any atom is -0.493 e. The number of methoxy groups -OCH3 is 2. The molecule has 8 nitrogen and oxygen atoms in total. The Labute approximate surface area is 137 Å². The number of amides is 2. The number of benzene rings is 1. The average Bonchev–Trinajstić information content (AvgIpc) is 2.51. The van der Waals surface area contributed by atoms with E-state index in [0.29, 0.717) is 0 Å². The second kappa shape index (κ2) is 8.84. The molecule has 0 heterocycles. The summed E-state index contributed by atoms with van der Waals surface area (Å²) in [5, 5.41) is 2.04. The maximum Gasteiger partial charge on any atom is 0.413 e. The molecule has 23 heavy (non-hydrogen) atoms. The molecule has 126 valence electrons. The van der Waals surface area contributed by atoms with Gasteiger partial charge in [0.2, 0.25) is 0 Å². The van der Waals surface area contributed by atoms with Gasteiger partial charge in [-0.25, -0.2) is 9.59 Å². The monoisotopic (exact) mass is 345 g/mol. The fourth-order valence-corrected chi connectivity index (χ4v) is 1.86. The molecule has 9 heteroatoms. The van der Waals surface area contributed by atoms with Crippen LogP contribution in [0, 0.1) is 0 Å². The first-order valence-corrected chi connectivity index (χ1v) is 6.86. The van der Waals surface area contributed by atoms with Crippen molar-refractivity contribution in [2.24, 2.45) is 0 Å².